The van der Waals surface area contributed by atoms with Gasteiger partial charge in [0.15, 0.2) is 0 Å². The van der Waals surface area contributed by atoms with Gasteiger partial charge in [0.2, 0.25) is 0 Å². The van der Waals surface area contributed by atoms with Crippen LogP contribution in [0.5, 0.6) is 5.75 Å². The Labute approximate surface area is 70.4 Å². The Morgan fingerprint density at radius 2 is 2.25 bits per heavy atom. The van der Waals surface area contributed by atoms with Gasteiger partial charge < -0.3 is 9.52 Å². The normalized spacial score (nSPS) is 10.8. The van der Waals surface area contributed by atoms with E-state index < -0.39 is 0 Å². The minimum absolute atomic E-state index is 0.353. The van der Waals surface area contributed by atoms with E-state index in [9.17, 15) is 5.11 Å². The second kappa shape index (κ2) is 2.55. The molecular weight excluding hydrogens is 152 g/mol. The Morgan fingerprint density at radius 3 is 3.00 bits per heavy atom. The standard InChI is InChI=1S/C10H10O2/c1-2-7-6-10-8(3-4-12-10)5-9(7)11/h3-6,11H,2H2,1H3. The molecule has 0 saturated heterocycles. The predicted molar refractivity (Wildman–Crippen MR) is 47.3 cm³/mol. The molecule has 2 aromatic rings. The lowest BCUT2D eigenvalue weighted by Crippen LogP contribution is -1.79. The van der Waals surface area contributed by atoms with Gasteiger partial charge in [-0.2, -0.15) is 0 Å². The van der Waals surface area contributed by atoms with Gasteiger partial charge in [-0.05, 0) is 30.2 Å². The minimum atomic E-state index is 0.353. The molecule has 0 fully saturated rings. The molecule has 1 heterocycles. The number of phenols is 1. The van der Waals surface area contributed by atoms with Crippen LogP contribution in [0, 0.1) is 0 Å². The lowest BCUT2D eigenvalue weighted by molar-refractivity contribution is 0.469. The summed E-state index contributed by atoms with van der Waals surface area (Å²) in [6.07, 6.45) is 2.45. The fraction of sp³-hybridized carbons (Fsp3) is 0.200. The van der Waals surface area contributed by atoms with Gasteiger partial charge in [-0.1, -0.05) is 6.92 Å². The van der Waals surface area contributed by atoms with Gasteiger partial charge in [0.25, 0.3) is 0 Å². The average Bonchev–Trinajstić information content (AvgIpc) is 2.49. The van der Waals surface area contributed by atoms with E-state index in [4.69, 9.17) is 4.42 Å². The number of furan rings is 1. The molecule has 0 unspecified atom stereocenters. The van der Waals surface area contributed by atoms with E-state index in [2.05, 4.69) is 0 Å². The highest BCUT2D eigenvalue weighted by Crippen LogP contribution is 2.25. The highest BCUT2D eigenvalue weighted by atomic mass is 16.3. The number of aromatic hydroxyl groups is 1. The van der Waals surface area contributed by atoms with Gasteiger partial charge in [0, 0.05) is 5.39 Å². The summed E-state index contributed by atoms with van der Waals surface area (Å²) < 4.78 is 5.20. The Balaban J connectivity index is 2.73. The maximum atomic E-state index is 9.49. The minimum Gasteiger partial charge on any atom is -0.508 e. The third kappa shape index (κ3) is 0.961. The first-order valence-electron chi connectivity index (χ1n) is 4.00. The number of hydrogen-bond donors (Lipinski definition) is 1. The summed E-state index contributed by atoms with van der Waals surface area (Å²) in [4.78, 5) is 0. The number of phenolic OH excluding ortho intramolecular Hbond substituents is 1. The van der Waals surface area contributed by atoms with Crippen molar-refractivity contribution < 1.29 is 9.52 Å². The zero-order valence-corrected chi connectivity index (χ0v) is 6.87. The molecular formula is C10H10O2. The molecule has 0 spiro atoms. The van der Waals surface area contributed by atoms with Crippen molar-refractivity contribution in [1.29, 1.82) is 0 Å². The molecule has 0 saturated carbocycles. The van der Waals surface area contributed by atoms with E-state index in [-0.39, 0.29) is 0 Å². The van der Waals surface area contributed by atoms with Crippen molar-refractivity contribution in [2.75, 3.05) is 0 Å². The van der Waals surface area contributed by atoms with E-state index in [1.165, 1.54) is 0 Å². The average molecular weight is 162 g/mol. The van der Waals surface area contributed by atoms with Crippen molar-refractivity contribution in [3.8, 4) is 5.75 Å². The maximum absolute atomic E-state index is 9.49. The third-order valence-electron chi connectivity index (χ3n) is 2.03. The number of aryl methyl sites for hydroxylation is 1. The van der Waals surface area contributed by atoms with Crippen molar-refractivity contribution in [1.82, 2.24) is 0 Å². The van der Waals surface area contributed by atoms with Crippen molar-refractivity contribution in [3.63, 3.8) is 0 Å². The van der Waals surface area contributed by atoms with E-state index in [0.717, 1.165) is 23.0 Å². The van der Waals surface area contributed by atoms with Gasteiger partial charge >= 0.3 is 0 Å². The fourth-order valence-corrected chi connectivity index (χ4v) is 1.32. The predicted octanol–water partition coefficient (Wildman–Crippen LogP) is 2.70. The van der Waals surface area contributed by atoms with Crippen LogP contribution in [0.15, 0.2) is 28.9 Å². The van der Waals surface area contributed by atoms with Crippen LogP contribution in [-0.2, 0) is 6.42 Å². The molecule has 1 aromatic carbocycles. The molecule has 0 atom stereocenters. The van der Waals surface area contributed by atoms with E-state index in [0.29, 0.717) is 5.75 Å². The maximum Gasteiger partial charge on any atom is 0.134 e. The highest BCUT2D eigenvalue weighted by Gasteiger charge is 2.03. The monoisotopic (exact) mass is 162 g/mol. The molecule has 0 aliphatic heterocycles. The number of rotatable bonds is 1. The summed E-state index contributed by atoms with van der Waals surface area (Å²) in [6.45, 7) is 2.00. The molecule has 1 aromatic heterocycles. The Morgan fingerprint density at radius 1 is 1.42 bits per heavy atom. The highest BCUT2D eigenvalue weighted by molar-refractivity contribution is 5.79. The first kappa shape index (κ1) is 7.22. The first-order chi connectivity index (χ1) is 5.81. The summed E-state index contributed by atoms with van der Waals surface area (Å²) in [5.74, 6) is 0.353. The van der Waals surface area contributed by atoms with Crippen LogP contribution < -0.4 is 0 Å². The Hall–Kier alpha value is -1.44. The summed E-state index contributed by atoms with van der Waals surface area (Å²) in [5.41, 5.74) is 1.77. The quantitative estimate of drug-likeness (QED) is 0.699. The molecule has 0 radical (unpaired) electrons. The zero-order chi connectivity index (χ0) is 8.55. The summed E-state index contributed by atoms with van der Waals surface area (Å²) in [7, 11) is 0. The lowest BCUT2D eigenvalue weighted by Gasteiger charge is -1.99. The molecule has 1 N–H and O–H groups in total. The zero-order valence-electron chi connectivity index (χ0n) is 6.87. The Kier molecular flexibility index (Phi) is 1.54. The van der Waals surface area contributed by atoms with Crippen LogP contribution in [0.1, 0.15) is 12.5 Å². The molecule has 0 aliphatic rings. The summed E-state index contributed by atoms with van der Waals surface area (Å²) in [6, 6.07) is 5.46. The Bertz CT molecular complexity index is 401. The van der Waals surface area contributed by atoms with Crippen LogP contribution in [-0.4, -0.2) is 5.11 Å². The number of fused-ring (bicyclic) bond motifs is 1. The van der Waals surface area contributed by atoms with Crippen molar-refractivity contribution in [2.45, 2.75) is 13.3 Å². The lowest BCUT2D eigenvalue weighted by atomic mass is 10.1. The summed E-state index contributed by atoms with van der Waals surface area (Å²) in [5, 5.41) is 10.4. The SMILES string of the molecule is CCc1cc2occc2cc1O. The van der Waals surface area contributed by atoms with Gasteiger partial charge in [0.1, 0.15) is 11.3 Å². The van der Waals surface area contributed by atoms with Gasteiger partial charge in [0.05, 0.1) is 6.26 Å². The van der Waals surface area contributed by atoms with Crippen LogP contribution in [0.3, 0.4) is 0 Å². The molecule has 2 heteroatoms. The van der Waals surface area contributed by atoms with Crippen molar-refractivity contribution in [3.05, 3.63) is 30.0 Å². The fourth-order valence-electron chi connectivity index (χ4n) is 1.32. The van der Waals surface area contributed by atoms with Crippen LogP contribution in [0.2, 0.25) is 0 Å². The van der Waals surface area contributed by atoms with Gasteiger partial charge in [-0.15, -0.1) is 0 Å². The van der Waals surface area contributed by atoms with Gasteiger partial charge in [-0.3, -0.25) is 0 Å². The van der Waals surface area contributed by atoms with Crippen LogP contribution >= 0.6 is 0 Å². The molecule has 0 aliphatic carbocycles. The van der Waals surface area contributed by atoms with Crippen molar-refractivity contribution >= 4 is 11.0 Å². The molecule has 0 amide bonds. The molecule has 0 bridgehead atoms. The molecule has 2 rings (SSSR count). The summed E-state index contributed by atoms with van der Waals surface area (Å²) >= 11 is 0. The van der Waals surface area contributed by atoms with Crippen LogP contribution in [0.4, 0.5) is 0 Å². The molecule has 2 nitrogen and oxygen atoms in total. The second-order valence-corrected chi connectivity index (χ2v) is 2.79. The third-order valence-corrected chi connectivity index (χ3v) is 2.03. The van der Waals surface area contributed by atoms with E-state index in [1.807, 2.05) is 19.1 Å². The molecule has 12 heavy (non-hydrogen) atoms. The van der Waals surface area contributed by atoms with Gasteiger partial charge in [-0.25, -0.2) is 0 Å². The second-order valence-electron chi connectivity index (χ2n) is 2.79. The number of benzene rings is 1. The first-order valence-corrected chi connectivity index (χ1v) is 4.00. The largest absolute Gasteiger partial charge is 0.508 e. The number of hydrogen-bond acceptors (Lipinski definition) is 2. The molecule has 62 valence electrons. The van der Waals surface area contributed by atoms with Crippen LogP contribution in [0.25, 0.3) is 11.0 Å². The van der Waals surface area contributed by atoms with Crippen molar-refractivity contribution in [2.24, 2.45) is 0 Å². The smallest absolute Gasteiger partial charge is 0.134 e. The van der Waals surface area contributed by atoms with E-state index in [1.54, 1.807) is 12.3 Å². The van der Waals surface area contributed by atoms with E-state index >= 15 is 0 Å². The topological polar surface area (TPSA) is 33.4 Å².